The molecule has 3 aromatic rings. The van der Waals surface area contributed by atoms with Crippen LogP contribution in [-0.4, -0.2) is 25.8 Å². The lowest BCUT2D eigenvalue weighted by Crippen LogP contribution is -2.23. The molecule has 148 valence electrons. The van der Waals surface area contributed by atoms with E-state index < -0.39 is 28.7 Å². The largest absolute Gasteiger partial charge is 0.417 e. The number of hydrogen-bond acceptors (Lipinski definition) is 4. The fourth-order valence-electron chi connectivity index (χ4n) is 2.21. The molecule has 0 fully saturated rings. The number of hydrogen-bond donors (Lipinski definition) is 1. The normalized spacial score (nSPS) is 13.0. The Morgan fingerprint density at radius 1 is 1.32 bits per heavy atom. The third-order valence-electron chi connectivity index (χ3n) is 3.60. The SMILES string of the molecule is CC(Sc1nnc2c(Cl)cc(C(F)(F)F)cn12)C(=O)Nc1ccc(Br)cc1F. The summed E-state index contributed by atoms with van der Waals surface area (Å²) in [6.07, 6.45) is -3.80. The number of nitrogens with one attached hydrogen (secondary N) is 1. The van der Waals surface area contributed by atoms with Crippen molar-refractivity contribution in [2.45, 2.75) is 23.5 Å². The summed E-state index contributed by atoms with van der Waals surface area (Å²) in [6.45, 7) is 1.51. The highest BCUT2D eigenvalue weighted by Crippen LogP contribution is 2.34. The van der Waals surface area contributed by atoms with Crippen molar-refractivity contribution in [3.05, 3.63) is 51.3 Å². The number of aromatic nitrogens is 3. The van der Waals surface area contributed by atoms with Gasteiger partial charge in [-0.3, -0.25) is 9.20 Å². The molecule has 1 amide bonds. The summed E-state index contributed by atoms with van der Waals surface area (Å²) in [5.74, 6) is -1.18. The van der Waals surface area contributed by atoms with Crippen LogP contribution in [-0.2, 0) is 11.0 Å². The van der Waals surface area contributed by atoms with Gasteiger partial charge in [0.1, 0.15) is 5.82 Å². The van der Waals surface area contributed by atoms with Crippen LogP contribution >= 0.6 is 39.3 Å². The van der Waals surface area contributed by atoms with Crippen molar-refractivity contribution in [2.24, 2.45) is 0 Å². The van der Waals surface area contributed by atoms with Crippen LogP contribution in [0.2, 0.25) is 5.02 Å². The third-order valence-corrected chi connectivity index (χ3v) is 5.42. The minimum absolute atomic E-state index is 0.0193. The number of carbonyl (C=O) groups is 1. The van der Waals surface area contributed by atoms with Crippen molar-refractivity contribution >= 4 is 56.5 Å². The molecular weight excluding hydrogens is 488 g/mol. The summed E-state index contributed by atoms with van der Waals surface area (Å²) in [7, 11) is 0. The molecule has 0 aliphatic rings. The molecule has 5 nitrogen and oxygen atoms in total. The average Bonchev–Trinajstić information content (AvgIpc) is 3.00. The molecule has 0 saturated heterocycles. The molecule has 3 rings (SSSR count). The second-order valence-electron chi connectivity index (χ2n) is 5.62. The third kappa shape index (κ3) is 4.41. The van der Waals surface area contributed by atoms with E-state index in [1.165, 1.54) is 19.1 Å². The maximum absolute atomic E-state index is 13.9. The summed E-state index contributed by atoms with van der Waals surface area (Å²) < 4.78 is 54.5. The number of benzene rings is 1. The topological polar surface area (TPSA) is 59.3 Å². The van der Waals surface area contributed by atoms with Gasteiger partial charge >= 0.3 is 6.18 Å². The molecule has 1 aromatic carbocycles. The van der Waals surface area contributed by atoms with E-state index in [-0.39, 0.29) is 21.5 Å². The Morgan fingerprint density at radius 2 is 2.04 bits per heavy atom. The van der Waals surface area contributed by atoms with Crippen LogP contribution in [0.5, 0.6) is 0 Å². The zero-order chi connectivity index (χ0) is 20.6. The Hall–Kier alpha value is -1.85. The monoisotopic (exact) mass is 496 g/mol. The lowest BCUT2D eigenvalue weighted by molar-refractivity contribution is -0.137. The number of anilines is 1. The zero-order valence-corrected chi connectivity index (χ0v) is 17.0. The van der Waals surface area contributed by atoms with Gasteiger partial charge in [-0.15, -0.1) is 10.2 Å². The molecule has 1 unspecified atom stereocenters. The zero-order valence-electron chi connectivity index (χ0n) is 13.9. The summed E-state index contributed by atoms with van der Waals surface area (Å²) >= 11 is 9.84. The molecule has 0 bridgehead atoms. The molecule has 0 radical (unpaired) electrons. The number of halogens is 6. The van der Waals surface area contributed by atoms with Crippen molar-refractivity contribution in [1.29, 1.82) is 0 Å². The van der Waals surface area contributed by atoms with Crippen LogP contribution in [0.25, 0.3) is 5.65 Å². The lowest BCUT2D eigenvalue weighted by atomic mass is 10.3. The van der Waals surface area contributed by atoms with Gasteiger partial charge in [-0.25, -0.2) is 4.39 Å². The van der Waals surface area contributed by atoms with Gasteiger partial charge in [-0.1, -0.05) is 39.3 Å². The van der Waals surface area contributed by atoms with Crippen molar-refractivity contribution in [3.8, 4) is 0 Å². The second-order valence-corrected chi connectivity index (χ2v) is 8.25. The Balaban J connectivity index is 1.83. The quantitative estimate of drug-likeness (QED) is 0.386. The fourth-order valence-corrected chi connectivity index (χ4v) is 3.61. The van der Waals surface area contributed by atoms with Gasteiger partial charge in [0.25, 0.3) is 0 Å². The molecule has 0 saturated carbocycles. The van der Waals surface area contributed by atoms with Crippen LogP contribution in [0.1, 0.15) is 12.5 Å². The first-order valence-corrected chi connectivity index (χ1v) is 9.65. The molecule has 28 heavy (non-hydrogen) atoms. The molecule has 12 heteroatoms. The van der Waals surface area contributed by atoms with E-state index in [4.69, 9.17) is 11.6 Å². The number of pyridine rings is 1. The summed E-state index contributed by atoms with van der Waals surface area (Å²) in [5, 5.41) is 9.01. The van der Waals surface area contributed by atoms with E-state index >= 15 is 0 Å². The summed E-state index contributed by atoms with van der Waals surface area (Å²) in [5.41, 5.74) is -0.960. The van der Waals surface area contributed by atoms with Crippen LogP contribution in [0, 0.1) is 5.82 Å². The predicted octanol–water partition coefficient (Wildman–Crippen LogP) is 5.42. The van der Waals surface area contributed by atoms with Crippen molar-refractivity contribution in [1.82, 2.24) is 14.6 Å². The van der Waals surface area contributed by atoms with E-state index in [2.05, 4.69) is 31.4 Å². The Labute approximate surface area is 173 Å². The van der Waals surface area contributed by atoms with Gasteiger partial charge in [-0.2, -0.15) is 13.2 Å². The highest BCUT2D eigenvalue weighted by Gasteiger charge is 2.32. The standard InChI is InChI=1S/C16H10BrClF4N4OS/c1-7(14(27)23-12-3-2-9(17)5-11(12)19)28-15-25-24-13-10(18)4-8(6-26(13)15)16(20,21)22/h2-7H,1H3,(H,23,27). The maximum atomic E-state index is 13.9. The predicted molar refractivity (Wildman–Crippen MR) is 101 cm³/mol. The second kappa shape index (κ2) is 7.88. The number of nitrogens with zero attached hydrogens (tertiary/aromatic N) is 3. The first kappa shape index (κ1) is 20.9. The molecule has 0 spiro atoms. The van der Waals surface area contributed by atoms with Crippen molar-refractivity contribution < 1.29 is 22.4 Å². The lowest BCUT2D eigenvalue weighted by Gasteiger charge is -2.12. The van der Waals surface area contributed by atoms with E-state index in [9.17, 15) is 22.4 Å². The molecule has 2 aromatic heterocycles. The number of rotatable bonds is 4. The van der Waals surface area contributed by atoms with Crippen LogP contribution in [0.4, 0.5) is 23.2 Å². The van der Waals surface area contributed by atoms with Gasteiger partial charge in [0, 0.05) is 10.7 Å². The van der Waals surface area contributed by atoms with Gasteiger partial charge in [0.15, 0.2) is 10.8 Å². The highest BCUT2D eigenvalue weighted by atomic mass is 79.9. The summed E-state index contributed by atoms with van der Waals surface area (Å²) in [6, 6.07) is 4.90. The molecule has 0 aliphatic carbocycles. The first-order valence-electron chi connectivity index (χ1n) is 7.60. The molecular formula is C16H10BrClF4N4OS. The first-order chi connectivity index (χ1) is 13.1. The van der Waals surface area contributed by atoms with Crippen molar-refractivity contribution in [2.75, 3.05) is 5.32 Å². The number of carbonyl (C=O) groups excluding carboxylic acids is 1. The Kier molecular flexibility index (Phi) is 5.87. The van der Waals surface area contributed by atoms with E-state index in [0.717, 1.165) is 28.4 Å². The molecule has 2 heterocycles. The molecule has 1 N–H and O–H groups in total. The summed E-state index contributed by atoms with van der Waals surface area (Å²) in [4.78, 5) is 12.3. The van der Waals surface area contributed by atoms with Crippen molar-refractivity contribution in [3.63, 3.8) is 0 Å². The minimum Gasteiger partial charge on any atom is -0.323 e. The molecule has 1 atom stereocenters. The van der Waals surface area contributed by atoms with Gasteiger partial charge in [0.2, 0.25) is 5.91 Å². The number of fused-ring (bicyclic) bond motifs is 1. The van der Waals surface area contributed by atoms with Crippen LogP contribution in [0.3, 0.4) is 0 Å². The van der Waals surface area contributed by atoms with Gasteiger partial charge in [0.05, 0.1) is 21.5 Å². The average molecular weight is 498 g/mol. The Morgan fingerprint density at radius 3 is 2.68 bits per heavy atom. The smallest absolute Gasteiger partial charge is 0.323 e. The highest BCUT2D eigenvalue weighted by molar-refractivity contribution is 9.10. The molecule has 0 aliphatic heterocycles. The van der Waals surface area contributed by atoms with Crippen LogP contribution < -0.4 is 5.32 Å². The van der Waals surface area contributed by atoms with Gasteiger partial charge in [-0.05, 0) is 31.2 Å². The number of alkyl halides is 3. The van der Waals surface area contributed by atoms with Gasteiger partial charge < -0.3 is 5.32 Å². The maximum Gasteiger partial charge on any atom is 0.417 e. The number of amides is 1. The minimum atomic E-state index is -4.61. The van der Waals surface area contributed by atoms with E-state index in [0.29, 0.717) is 4.47 Å². The Bertz CT molecular complexity index is 1060. The van der Waals surface area contributed by atoms with Crippen LogP contribution in [0.15, 0.2) is 40.1 Å². The van der Waals surface area contributed by atoms with E-state index in [1.807, 2.05) is 0 Å². The number of thioether (sulfide) groups is 1. The fraction of sp³-hybridized carbons (Fsp3) is 0.188. The van der Waals surface area contributed by atoms with E-state index in [1.54, 1.807) is 6.07 Å².